The minimum Gasteiger partial charge on any atom is -0.488 e. The molecule has 0 aliphatic carbocycles. The SMILES string of the molecule is Cc1ccccc1NC(=O)/C(C#N)=C\c1ccc(OCc2ccc3ccccc3c2)c(Br)c1. The minimum atomic E-state index is -0.445. The molecule has 33 heavy (non-hydrogen) atoms. The van der Waals surface area contributed by atoms with E-state index >= 15 is 0 Å². The van der Waals surface area contributed by atoms with Gasteiger partial charge in [0.15, 0.2) is 0 Å². The second-order valence-electron chi connectivity index (χ2n) is 7.60. The molecule has 0 atom stereocenters. The lowest BCUT2D eigenvalue weighted by Gasteiger charge is -2.10. The zero-order valence-corrected chi connectivity index (χ0v) is 19.6. The van der Waals surface area contributed by atoms with E-state index in [2.05, 4.69) is 51.6 Å². The fourth-order valence-corrected chi connectivity index (χ4v) is 3.94. The van der Waals surface area contributed by atoms with Gasteiger partial charge in [-0.3, -0.25) is 4.79 Å². The topological polar surface area (TPSA) is 62.1 Å². The molecule has 4 aromatic rings. The molecule has 0 aromatic heterocycles. The third-order valence-electron chi connectivity index (χ3n) is 5.23. The number of halogens is 1. The van der Waals surface area contributed by atoms with Crippen molar-refractivity contribution >= 4 is 44.4 Å². The Kier molecular flexibility index (Phi) is 6.87. The van der Waals surface area contributed by atoms with Gasteiger partial charge in [-0.05, 0) is 80.7 Å². The number of aryl methyl sites for hydroxylation is 1. The molecule has 0 unspecified atom stereocenters. The summed E-state index contributed by atoms with van der Waals surface area (Å²) in [4.78, 5) is 12.6. The van der Waals surface area contributed by atoms with Gasteiger partial charge in [-0.1, -0.05) is 60.7 Å². The van der Waals surface area contributed by atoms with Gasteiger partial charge in [0.1, 0.15) is 24.0 Å². The predicted molar refractivity (Wildman–Crippen MR) is 136 cm³/mol. The molecule has 4 aromatic carbocycles. The van der Waals surface area contributed by atoms with Crippen LogP contribution in [0.2, 0.25) is 0 Å². The number of ether oxygens (including phenoxy) is 1. The van der Waals surface area contributed by atoms with Crippen LogP contribution < -0.4 is 10.1 Å². The van der Waals surface area contributed by atoms with E-state index in [1.54, 1.807) is 12.1 Å². The third kappa shape index (κ3) is 5.49. The van der Waals surface area contributed by atoms with Crippen LogP contribution in [0, 0.1) is 18.3 Å². The molecule has 0 spiro atoms. The molecule has 0 bridgehead atoms. The quantitative estimate of drug-likeness (QED) is 0.230. The van der Waals surface area contributed by atoms with Crippen LogP contribution in [0.15, 0.2) is 95.0 Å². The highest BCUT2D eigenvalue weighted by atomic mass is 79.9. The van der Waals surface area contributed by atoms with Crippen LogP contribution in [-0.2, 0) is 11.4 Å². The number of hydrogen-bond donors (Lipinski definition) is 1. The van der Waals surface area contributed by atoms with Gasteiger partial charge in [-0.15, -0.1) is 0 Å². The molecule has 0 saturated heterocycles. The third-order valence-corrected chi connectivity index (χ3v) is 5.85. The largest absolute Gasteiger partial charge is 0.488 e. The van der Waals surface area contributed by atoms with Crippen LogP contribution >= 0.6 is 15.9 Å². The van der Waals surface area contributed by atoms with E-state index in [4.69, 9.17) is 4.74 Å². The molecular formula is C28H21BrN2O2. The molecule has 4 nitrogen and oxygen atoms in total. The van der Waals surface area contributed by atoms with Gasteiger partial charge in [0.2, 0.25) is 0 Å². The lowest BCUT2D eigenvalue weighted by Crippen LogP contribution is -2.14. The first-order valence-corrected chi connectivity index (χ1v) is 11.2. The normalized spacial score (nSPS) is 11.1. The summed E-state index contributed by atoms with van der Waals surface area (Å²) in [6.07, 6.45) is 1.56. The maximum Gasteiger partial charge on any atom is 0.266 e. The zero-order valence-electron chi connectivity index (χ0n) is 18.0. The fraction of sp³-hybridized carbons (Fsp3) is 0.0714. The Morgan fingerprint density at radius 1 is 1.00 bits per heavy atom. The van der Waals surface area contributed by atoms with E-state index in [9.17, 15) is 10.1 Å². The number of carbonyl (C=O) groups excluding carboxylic acids is 1. The second kappa shape index (κ2) is 10.2. The number of carbonyl (C=O) groups is 1. The Hall–Kier alpha value is -3.88. The second-order valence-corrected chi connectivity index (χ2v) is 8.45. The fourth-order valence-electron chi connectivity index (χ4n) is 3.43. The molecule has 4 rings (SSSR count). The summed E-state index contributed by atoms with van der Waals surface area (Å²) in [5.41, 5.74) is 3.43. The van der Waals surface area contributed by atoms with E-state index in [0.29, 0.717) is 18.0 Å². The lowest BCUT2D eigenvalue weighted by molar-refractivity contribution is -0.112. The minimum absolute atomic E-state index is 0.0231. The van der Waals surface area contributed by atoms with Crippen molar-refractivity contribution in [3.05, 3.63) is 112 Å². The highest BCUT2D eigenvalue weighted by Gasteiger charge is 2.11. The average molecular weight is 497 g/mol. The Morgan fingerprint density at radius 3 is 2.52 bits per heavy atom. The van der Waals surface area contributed by atoms with Crippen molar-refractivity contribution in [3.8, 4) is 11.8 Å². The van der Waals surface area contributed by atoms with Crippen molar-refractivity contribution in [2.75, 3.05) is 5.32 Å². The Balaban J connectivity index is 1.46. The number of fused-ring (bicyclic) bond motifs is 1. The maximum absolute atomic E-state index is 12.6. The molecule has 0 heterocycles. The summed E-state index contributed by atoms with van der Waals surface area (Å²) in [5, 5.41) is 14.7. The number of anilines is 1. The molecule has 1 N–H and O–H groups in total. The number of amides is 1. The van der Waals surface area contributed by atoms with E-state index < -0.39 is 5.91 Å². The van der Waals surface area contributed by atoms with Gasteiger partial charge in [0.25, 0.3) is 5.91 Å². The zero-order chi connectivity index (χ0) is 23.2. The number of benzene rings is 4. The Bertz CT molecular complexity index is 1400. The standard InChI is InChI=1S/C28H21BrN2O2/c1-19-6-2-5-9-26(19)31-28(32)24(17-30)14-20-11-13-27(25(29)16-20)33-18-21-10-12-22-7-3-4-8-23(22)15-21/h2-16H,18H2,1H3,(H,31,32)/b24-14-. The van der Waals surface area contributed by atoms with Gasteiger partial charge in [0.05, 0.1) is 4.47 Å². The smallest absolute Gasteiger partial charge is 0.266 e. The van der Waals surface area contributed by atoms with Crippen molar-refractivity contribution in [1.29, 1.82) is 5.26 Å². The van der Waals surface area contributed by atoms with Gasteiger partial charge in [-0.25, -0.2) is 0 Å². The van der Waals surface area contributed by atoms with Crippen LogP contribution in [-0.4, -0.2) is 5.91 Å². The summed E-state index contributed by atoms with van der Waals surface area (Å²) in [6, 6.07) is 29.4. The molecular weight excluding hydrogens is 476 g/mol. The van der Waals surface area contributed by atoms with Crippen molar-refractivity contribution in [2.45, 2.75) is 13.5 Å². The van der Waals surface area contributed by atoms with Crippen molar-refractivity contribution < 1.29 is 9.53 Å². The molecule has 5 heteroatoms. The summed E-state index contributed by atoms with van der Waals surface area (Å²) < 4.78 is 6.73. The molecule has 0 fully saturated rings. The molecule has 0 saturated carbocycles. The summed E-state index contributed by atoms with van der Waals surface area (Å²) in [5.74, 6) is 0.239. The molecule has 0 aliphatic heterocycles. The summed E-state index contributed by atoms with van der Waals surface area (Å²) >= 11 is 3.53. The first kappa shape index (κ1) is 22.3. The van der Waals surface area contributed by atoms with Crippen LogP contribution in [0.5, 0.6) is 5.75 Å². The van der Waals surface area contributed by atoms with Crippen LogP contribution in [0.4, 0.5) is 5.69 Å². The molecule has 162 valence electrons. The van der Waals surface area contributed by atoms with E-state index in [1.807, 2.05) is 61.5 Å². The van der Waals surface area contributed by atoms with Crippen molar-refractivity contribution in [2.24, 2.45) is 0 Å². The van der Waals surface area contributed by atoms with Crippen molar-refractivity contribution in [3.63, 3.8) is 0 Å². The van der Waals surface area contributed by atoms with E-state index in [1.165, 1.54) is 10.8 Å². The highest BCUT2D eigenvalue weighted by Crippen LogP contribution is 2.28. The lowest BCUT2D eigenvalue weighted by atomic mass is 10.1. The highest BCUT2D eigenvalue weighted by molar-refractivity contribution is 9.10. The number of hydrogen-bond acceptors (Lipinski definition) is 3. The van der Waals surface area contributed by atoms with Crippen LogP contribution in [0.25, 0.3) is 16.8 Å². The summed E-state index contributed by atoms with van der Waals surface area (Å²) in [6.45, 7) is 2.33. The average Bonchev–Trinajstić information content (AvgIpc) is 2.83. The van der Waals surface area contributed by atoms with Crippen LogP contribution in [0.3, 0.4) is 0 Å². The number of nitriles is 1. The van der Waals surface area contributed by atoms with E-state index in [-0.39, 0.29) is 5.57 Å². The molecule has 1 amide bonds. The number of nitrogens with one attached hydrogen (secondary N) is 1. The monoisotopic (exact) mass is 496 g/mol. The Morgan fingerprint density at radius 2 is 1.76 bits per heavy atom. The number of nitrogens with zero attached hydrogens (tertiary/aromatic N) is 1. The first-order chi connectivity index (χ1) is 16.0. The van der Waals surface area contributed by atoms with Crippen LogP contribution in [0.1, 0.15) is 16.7 Å². The number of para-hydroxylation sites is 1. The maximum atomic E-state index is 12.6. The number of rotatable bonds is 6. The predicted octanol–water partition coefficient (Wildman–Crippen LogP) is 7.04. The van der Waals surface area contributed by atoms with Gasteiger partial charge in [0, 0.05) is 5.69 Å². The van der Waals surface area contributed by atoms with E-state index in [0.717, 1.165) is 21.2 Å². The van der Waals surface area contributed by atoms with Crippen molar-refractivity contribution in [1.82, 2.24) is 0 Å². The van der Waals surface area contributed by atoms with Gasteiger partial charge in [-0.2, -0.15) is 5.26 Å². The summed E-state index contributed by atoms with van der Waals surface area (Å²) in [7, 11) is 0. The Labute approximate surface area is 201 Å². The molecule has 0 radical (unpaired) electrons. The van der Waals surface area contributed by atoms with Gasteiger partial charge < -0.3 is 10.1 Å². The van der Waals surface area contributed by atoms with Gasteiger partial charge >= 0.3 is 0 Å². The first-order valence-electron chi connectivity index (χ1n) is 10.4. The molecule has 0 aliphatic rings.